The molecule has 0 saturated heterocycles. The van der Waals surface area contributed by atoms with Gasteiger partial charge in [-0.15, -0.1) is 0 Å². The molecule has 0 spiro atoms. The van der Waals surface area contributed by atoms with Gasteiger partial charge in [-0.1, -0.05) is 0 Å². The first-order chi connectivity index (χ1) is 7.95. The fourth-order valence-corrected chi connectivity index (χ4v) is 1.10. The van der Waals surface area contributed by atoms with Crippen LogP contribution in [0.3, 0.4) is 0 Å². The average Bonchev–Trinajstić information content (AvgIpc) is 2.28. The second-order valence-electron chi connectivity index (χ2n) is 3.44. The van der Waals surface area contributed by atoms with Crippen molar-refractivity contribution in [3.63, 3.8) is 0 Å². The van der Waals surface area contributed by atoms with Crippen LogP contribution in [-0.4, -0.2) is 42.4 Å². The number of pyridine rings is 1. The Balaban J connectivity index is 3.26. The van der Waals surface area contributed by atoms with Crippen molar-refractivity contribution in [3.8, 4) is 5.88 Å². The maximum atomic E-state index is 13.4. The zero-order valence-electron chi connectivity index (χ0n) is 9.82. The van der Waals surface area contributed by atoms with Crippen molar-refractivity contribution >= 4 is 17.3 Å². The number of allylic oxidation sites excluding steroid dienone is 1. The Labute approximate surface area is 98.0 Å². The number of carbonyl (C=O) groups excluding carboxylic acids is 1. The number of nitrogen functional groups attached to an aromatic ring is 1. The van der Waals surface area contributed by atoms with Gasteiger partial charge in [-0.2, -0.15) is 8.97 Å². The molecule has 0 bridgehead atoms. The first-order valence-electron chi connectivity index (χ1n) is 4.77. The van der Waals surface area contributed by atoms with E-state index in [0.29, 0.717) is 0 Å². The van der Waals surface area contributed by atoms with E-state index >= 15 is 0 Å². The van der Waals surface area contributed by atoms with Crippen molar-refractivity contribution in [2.45, 2.75) is 0 Å². The summed E-state index contributed by atoms with van der Waals surface area (Å²) < 4.78 is 19.6. The molecule has 0 unspecified atom stereocenters. The smallest absolute Gasteiger partial charge is 0.279 e. The third-order valence-corrected chi connectivity index (χ3v) is 1.85. The molecule has 0 radical (unpaired) electrons. The van der Waals surface area contributed by atoms with Crippen LogP contribution in [-0.2, 0) is 0 Å². The van der Waals surface area contributed by atoms with Gasteiger partial charge in [-0.05, 0) is 6.07 Å². The molecular weight excluding hydrogens is 225 g/mol. The van der Waals surface area contributed by atoms with Gasteiger partial charge in [0.05, 0.1) is 12.8 Å². The maximum Gasteiger partial charge on any atom is 0.279 e. The van der Waals surface area contributed by atoms with Crippen molar-refractivity contribution in [2.24, 2.45) is 0 Å². The summed E-state index contributed by atoms with van der Waals surface area (Å²) in [5.41, 5.74) is 5.46. The zero-order chi connectivity index (χ0) is 13.0. The molecule has 1 rings (SSSR count). The first-order valence-corrected chi connectivity index (χ1v) is 4.77. The highest BCUT2D eigenvalue weighted by molar-refractivity contribution is 6.13. The Bertz CT molecular complexity index is 515. The Hall–Kier alpha value is -2.20. The molecule has 0 aliphatic rings. The number of Topliss-reactive ketones (excluding diaryl/α,β-unsaturated/α-hetero) is 1. The largest absolute Gasteiger partial charge is 0.481 e. The van der Waals surface area contributed by atoms with E-state index in [1.165, 1.54) is 23.8 Å². The van der Waals surface area contributed by atoms with E-state index in [9.17, 15) is 9.18 Å². The Morgan fingerprint density at radius 3 is 2.71 bits per heavy atom. The number of ether oxygens (including phenoxy) is 1. The van der Waals surface area contributed by atoms with Crippen LogP contribution in [0.1, 0.15) is 10.5 Å². The minimum Gasteiger partial charge on any atom is -0.481 e. The molecular formula is C11H13FN3O2+. The minimum absolute atomic E-state index is 0.0894. The van der Waals surface area contributed by atoms with Crippen molar-refractivity contribution < 1.29 is 18.5 Å². The van der Waals surface area contributed by atoms with Gasteiger partial charge < -0.3 is 10.5 Å². The standard InChI is InChI=1S/C11H12FN3O2/c1-15(2)6-7(12)11(16)10-8(13)4-5-9(14-10)17-3/h4-5H,1-3H3,(H-,13,16)/p+1. The van der Waals surface area contributed by atoms with Gasteiger partial charge in [0, 0.05) is 6.07 Å². The van der Waals surface area contributed by atoms with E-state index < -0.39 is 11.6 Å². The van der Waals surface area contributed by atoms with Gasteiger partial charge in [-0.3, -0.25) is 4.79 Å². The van der Waals surface area contributed by atoms with E-state index in [4.69, 9.17) is 10.5 Å². The van der Waals surface area contributed by atoms with E-state index in [1.807, 2.05) is 0 Å². The zero-order valence-corrected chi connectivity index (χ0v) is 9.82. The second kappa shape index (κ2) is 5.23. The lowest BCUT2D eigenvalue weighted by Crippen LogP contribution is -2.10. The predicted octanol–water partition coefficient (Wildman–Crippen LogP) is 0.650. The first kappa shape index (κ1) is 12.9. The van der Waals surface area contributed by atoms with Gasteiger partial charge in [0.1, 0.15) is 19.8 Å². The minimum atomic E-state index is -1.05. The summed E-state index contributed by atoms with van der Waals surface area (Å²) in [6.45, 7) is 0. The van der Waals surface area contributed by atoms with Crippen molar-refractivity contribution in [1.29, 1.82) is 0 Å². The normalized spacial score (nSPS) is 9.41. The molecule has 0 amide bonds. The summed E-state index contributed by atoms with van der Waals surface area (Å²) in [6.07, 6.45) is 0. The fourth-order valence-electron chi connectivity index (χ4n) is 1.10. The Morgan fingerprint density at radius 1 is 1.53 bits per heavy atom. The highest BCUT2D eigenvalue weighted by atomic mass is 19.1. The summed E-state index contributed by atoms with van der Waals surface area (Å²) in [4.78, 5) is 15.5. The molecule has 0 aliphatic carbocycles. The number of rotatable bonds is 3. The lowest BCUT2D eigenvalue weighted by atomic mass is 10.2. The molecule has 6 heteroatoms. The molecule has 0 fully saturated rings. The van der Waals surface area contributed by atoms with Crippen LogP contribution >= 0.6 is 0 Å². The molecule has 5 nitrogen and oxygen atoms in total. The summed E-state index contributed by atoms with van der Waals surface area (Å²) >= 11 is 0. The molecule has 2 N–H and O–H groups in total. The van der Waals surface area contributed by atoms with Crippen LogP contribution in [0.15, 0.2) is 18.0 Å². The average molecular weight is 238 g/mol. The number of hydrogen-bond donors (Lipinski definition) is 1. The predicted molar refractivity (Wildman–Crippen MR) is 61.3 cm³/mol. The number of hydrogen-bond acceptors (Lipinski definition) is 4. The third-order valence-electron chi connectivity index (χ3n) is 1.85. The monoisotopic (exact) mass is 238 g/mol. The van der Waals surface area contributed by atoms with Crippen LogP contribution in [0.4, 0.5) is 10.1 Å². The lowest BCUT2D eigenvalue weighted by molar-refractivity contribution is -0.457. The molecule has 1 aromatic heterocycles. The molecule has 17 heavy (non-hydrogen) atoms. The summed E-state index contributed by atoms with van der Waals surface area (Å²) in [7, 11) is 4.50. The number of halogens is 1. The molecule has 0 saturated carbocycles. The lowest BCUT2D eigenvalue weighted by Gasteiger charge is -2.03. The van der Waals surface area contributed by atoms with E-state index in [2.05, 4.69) is 10.9 Å². The Morgan fingerprint density at radius 2 is 2.18 bits per heavy atom. The van der Waals surface area contributed by atoms with Crippen LogP contribution < -0.4 is 10.5 Å². The number of ketones is 1. The number of methoxy groups -OCH3 is 1. The third kappa shape index (κ3) is 3.12. The van der Waals surface area contributed by atoms with Crippen LogP contribution in [0.2, 0.25) is 0 Å². The Kier molecular flexibility index (Phi) is 3.96. The van der Waals surface area contributed by atoms with Crippen molar-refractivity contribution in [1.82, 2.24) is 4.98 Å². The highest BCUT2D eigenvalue weighted by Crippen LogP contribution is 2.17. The maximum absolute atomic E-state index is 13.4. The topological polar surface area (TPSA) is 68.2 Å². The molecule has 1 aromatic rings. The number of carbonyl (C=O) groups is 1. The van der Waals surface area contributed by atoms with Crippen molar-refractivity contribution in [2.75, 3.05) is 26.9 Å². The van der Waals surface area contributed by atoms with Crippen LogP contribution in [0.25, 0.3) is 0 Å². The molecule has 90 valence electrons. The van der Waals surface area contributed by atoms with E-state index in [-0.39, 0.29) is 17.3 Å². The second-order valence-corrected chi connectivity index (χ2v) is 3.44. The van der Waals surface area contributed by atoms with Gasteiger partial charge in [-0.25, -0.2) is 4.98 Å². The SMILES string of the molecule is COc1ccc(N)c(C(=O)C(F)=C=[N+](C)C)n1. The molecule has 1 heterocycles. The van der Waals surface area contributed by atoms with E-state index in [0.717, 1.165) is 0 Å². The summed E-state index contributed by atoms with van der Waals surface area (Å²) in [5, 5.41) is 0. The van der Waals surface area contributed by atoms with Crippen LogP contribution in [0.5, 0.6) is 5.88 Å². The van der Waals surface area contributed by atoms with Gasteiger partial charge >= 0.3 is 0 Å². The molecule has 0 aromatic carbocycles. The van der Waals surface area contributed by atoms with E-state index in [1.54, 1.807) is 14.1 Å². The fraction of sp³-hybridized carbons (Fsp3) is 0.273. The highest BCUT2D eigenvalue weighted by Gasteiger charge is 2.19. The van der Waals surface area contributed by atoms with Gasteiger partial charge in [0.25, 0.3) is 11.6 Å². The van der Waals surface area contributed by atoms with Crippen molar-refractivity contribution in [3.05, 3.63) is 23.7 Å². The van der Waals surface area contributed by atoms with Crippen LogP contribution in [0, 0.1) is 0 Å². The molecule has 0 atom stereocenters. The summed E-state index contributed by atoms with van der Waals surface area (Å²) in [6, 6.07) is 2.92. The van der Waals surface area contributed by atoms with Gasteiger partial charge in [0.2, 0.25) is 11.7 Å². The number of anilines is 1. The molecule has 0 aliphatic heterocycles. The number of nitrogens with zero attached hydrogens (tertiary/aromatic N) is 2. The number of nitrogens with two attached hydrogens (primary N) is 1. The number of aromatic nitrogens is 1. The summed E-state index contributed by atoms with van der Waals surface area (Å²) in [5.74, 6) is 0.423. The van der Waals surface area contributed by atoms with Gasteiger partial charge in [0.15, 0.2) is 0 Å². The quantitative estimate of drug-likeness (QED) is 0.363.